The van der Waals surface area contributed by atoms with Crippen LogP contribution in [0.1, 0.15) is 36.7 Å². The van der Waals surface area contributed by atoms with Crippen molar-refractivity contribution in [1.29, 1.82) is 0 Å². The summed E-state index contributed by atoms with van der Waals surface area (Å²) in [5.74, 6) is -0.0916. The maximum atomic E-state index is 12.8. The third-order valence-corrected chi connectivity index (χ3v) is 3.90. The Hall–Kier alpha value is -2.17. The molecule has 0 spiro atoms. The number of nitrogens with zero attached hydrogens (tertiary/aromatic N) is 1. The summed E-state index contributed by atoms with van der Waals surface area (Å²) in [6, 6.07) is 15.1. The summed E-state index contributed by atoms with van der Waals surface area (Å²) >= 11 is 0. The van der Waals surface area contributed by atoms with Crippen LogP contribution < -0.4 is 0 Å². The molecule has 2 N–H and O–H groups in total. The molecule has 4 heteroatoms. The quantitative estimate of drug-likeness (QED) is 0.857. The van der Waals surface area contributed by atoms with Crippen LogP contribution >= 0.6 is 0 Å². The van der Waals surface area contributed by atoms with Gasteiger partial charge >= 0.3 is 0 Å². The molecule has 24 heavy (non-hydrogen) atoms. The van der Waals surface area contributed by atoms with Gasteiger partial charge in [-0.2, -0.15) is 0 Å². The zero-order valence-corrected chi connectivity index (χ0v) is 14.4. The van der Waals surface area contributed by atoms with E-state index in [-0.39, 0.29) is 18.6 Å². The Morgan fingerprint density at radius 2 is 1.67 bits per heavy atom. The van der Waals surface area contributed by atoms with Gasteiger partial charge in [0.25, 0.3) is 5.91 Å². The first kappa shape index (κ1) is 18.2. The molecule has 0 aromatic heterocycles. The summed E-state index contributed by atoms with van der Waals surface area (Å²) in [5, 5.41) is 18.9. The predicted octanol–water partition coefficient (Wildman–Crippen LogP) is 3.08. The summed E-state index contributed by atoms with van der Waals surface area (Å²) in [4.78, 5) is 14.5. The summed E-state index contributed by atoms with van der Waals surface area (Å²) < 4.78 is 0. The summed E-state index contributed by atoms with van der Waals surface area (Å²) in [6.45, 7) is 5.85. The Kier molecular flexibility index (Phi) is 6.12. The van der Waals surface area contributed by atoms with Crippen LogP contribution in [0.2, 0.25) is 0 Å². The first-order chi connectivity index (χ1) is 11.4. The van der Waals surface area contributed by atoms with E-state index in [0.717, 1.165) is 16.7 Å². The Balaban J connectivity index is 2.33. The van der Waals surface area contributed by atoms with Crippen LogP contribution in [0.3, 0.4) is 0 Å². The number of rotatable bonds is 6. The Bertz CT molecular complexity index is 695. The number of carbonyl (C=O) groups is 1. The van der Waals surface area contributed by atoms with Crippen LogP contribution in [-0.4, -0.2) is 39.7 Å². The highest BCUT2D eigenvalue weighted by atomic mass is 16.3. The summed E-state index contributed by atoms with van der Waals surface area (Å²) in [6.07, 6.45) is -0.569. The van der Waals surface area contributed by atoms with Crippen LogP contribution in [0.5, 0.6) is 0 Å². The lowest BCUT2D eigenvalue weighted by atomic mass is 10.0. The molecule has 2 aromatic carbocycles. The monoisotopic (exact) mass is 327 g/mol. The molecule has 128 valence electrons. The summed E-state index contributed by atoms with van der Waals surface area (Å²) in [5.41, 5.74) is 3.32. The van der Waals surface area contributed by atoms with Crippen molar-refractivity contribution in [2.45, 2.75) is 39.5 Å². The number of hydrogen-bond acceptors (Lipinski definition) is 3. The van der Waals surface area contributed by atoms with Gasteiger partial charge < -0.3 is 15.1 Å². The topological polar surface area (TPSA) is 60.8 Å². The lowest BCUT2D eigenvalue weighted by Gasteiger charge is -2.28. The van der Waals surface area contributed by atoms with Crippen molar-refractivity contribution in [3.63, 3.8) is 0 Å². The second-order valence-electron chi connectivity index (χ2n) is 6.34. The van der Waals surface area contributed by atoms with Gasteiger partial charge in [0.2, 0.25) is 0 Å². The van der Waals surface area contributed by atoms with Crippen molar-refractivity contribution in [2.75, 3.05) is 6.54 Å². The van der Waals surface area contributed by atoms with Gasteiger partial charge in [-0.15, -0.1) is 0 Å². The molecule has 4 nitrogen and oxygen atoms in total. The molecule has 0 saturated heterocycles. The van der Waals surface area contributed by atoms with E-state index >= 15 is 0 Å². The predicted molar refractivity (Wildman–Crippen MR) is 95.7 cm³/mol. The molecular formula is C20H25NO3. The zero-order valence-electron chi connectivity index (χ0n) is 14.4. The van der Waals surface area contributed by atoms with Gasteiger partial charge in [-0.25, -0.2) is 0 Å². The number of benzene rings is 2. The average Bonchev–Trinajstić information content (AvgIpc) is 2.59. The first-order valence-electron chi connectivity index (χ1n) is 8.21. The van der Waals surface area contributed by atoms with Gasteiger partial charge in [0.05, 0.1) is 12.7 Å². The molecule has 0 heterocycles. The van der Waals surface area contributed by atoms with Crippen molar-refractivity contribution < 1.29 is 15.0 Å². The zero-order chi connectivity index (χ0) is 17.7. The molecule has 0 bridgehead atoms. The van der Waals surface area contributed by atoms with E-state index in [2.05, 4.69) is 0 Å². The molecule has 2 rings (SSSR count). The molecule has 1 amide bonds. The Labute approximate surface area is 143 Å². The smallest absolute Gasteiger partial charge is 0.254 e. The maximum absolute atomic E-state index is 12.8. The van der Waals surface area contributed by atoms with E-state index < -0.39 is 6.10 Å². The van der Waals surface area contributed by atoms with E-state index in [4.69, 9.17) is 0 Å². The van der Waals surface area contributed by atoms with Crippen molar-refractivity contribution in [2.24, 2.45) is 0 Å². The van der Waals surface area contributed by atoms with Gasteiger partial charge in [-0.1, -0.05) is 30.3 Å². The van der Waals surface area contributed by atoms with Crippen molar-refractivity contribution >= 4 is 5.91 Å². The van der Waals surface area contributed by atoms with E-state index in [9.17, 15) is 15.0 Å². The molecule has 0 radical (unpaired) electrons. The van der Waals surface area contributed by atoms with E-state index in [0.29, 0.717) is 12.1 Å². The van der Waals surface area contributed by atoms with Crippen LogP contribution in [0.15, 0.2) is 48.5 Å². The maximum Gasteiger partial charge on any atom is 0.254 e. The fraction of sp³-hybridized carbons (Fsp3) is 0.350. The van der Waals surface area contributed by atoms with Crippen LogP contribution in [0, 0.1) is 0 Å². The second-order valence-corrected chi connectivity index (χ2v) is 6.34. The van der Waals surface area contributed by atoms with Crippen molar-refractivity contribution in [3.05, 3.63) is 59.7 Å². The van der Waals surface area contributed by atoms with Crippen LogP contribution in [0.25, 0.3) is 11.1 Å². The van der Waals surface area contributed by atoms with E-state index in [1.807, 2.05) is 56.3 Å². The Morgan fingerprint density at radius 1 is 1.04 bits per heavy atom. The van der Waals surface area contributed by atoms with E-state index in [1.165, 1.54) is 0 Å². The molecule has 0 aliphatic heterocycles. The number of amides is 1. The van der Waals surface area contributed by atoms with Gasteiger partial charge in [-0.05, 0) is 55.7 Å². The third kappa shape index (κ3) is 4.43. The first-order valence-corrected chi connectivity index (χ1v) is 8.21. The molecule has 0 aliphatic rings. The lowest BCUT2D eigenvalue weighted by molar-refractivity contribution is 0.0579. The third-order valence-electron chi connectivity index (χ3n) is 3.90. The highest BCUT2D eigenvalue weighted by molar-refractivity contribution is 5.95. The molecule has 2 aromatic rings. The lowest BCUT2D eigenvalue weighted by Crippen LogP contribution is -2.41. The van der Waals surface area contributed by atoms with Gasteiger partial charge in [-0.3, -0.25) is 4.79 Å². The van der Waals surface area contributed by atoms with Crippen molar-refractivity contribution in [3.8, 4) is 11.1 Å². The molecular weight excluding hydrogens is 302 g/mol. The number of carbonyl (C=O) groups excluding carboxylic acids is 1. The van der Waals surface area contributed by atoms with Gasteiger partial charge in [0.15, 0.2) is 0 Å². The Morgan fingerprint density at radius 3 is 2.25 bits per heavy atom. The minimum Gasteiger partial charge on any atom is -0.392 e. The minimum atomic E-state index is -0.569. The molecule has 1 atom stereocenters. The molecule has 0 aliphatic carbocycles. The molecule has 0 saturated carbocycles. The largest absolute Gasteiger partial charge is 0.392 e. The van der Waals surface area contributed by atoms with Gasteiger partial charge in [0.1, 0.15) is 0 Å². The highest BCUT2D eigenvalue weighted by Gasteiger charge is 2.20. The average molecular weight is 327 g/mol. The number of aliphatic hydroxyl groups excluding tert-OH is 2. The van der Waals surface area contributed by atoms with Gasteiger partial charge in [0, 0.05) is 18.2 Å². The van der Waals surface area contributed by atoms with Crippen LogP contribution in [0.4, 0.5) is 0 Å². The van der Waals surface area contributed by atoms with Crippen molar-refractivity contribution in [1.82, 2.24) is 4.90 Å². The fourth-order valence-electron chi connectivity index (χ4n) is 2.66. The number of aliphatic hydroxyl groups is 2. The highest BCUT2D eigenvalue weighted by Crippen LogP contribution is 2.23. The second kappa shape index (κ2) is 8.08. The summed E-state index contributed by atoms with van der Waals surface area (Å²) in [7, 11) is 0. The normalized spacial score (nSPS) is 12.2. The minimum absolute atomic E-state index is 0.00785. The fourth-order valence-corrected chi connectivity index (χ4v) is 2.66. The molecule has 1 unspecified atom stereocenters. The standard InChI is InChI=1S/C20H25NO3/c1-14(2)21(12-15(3)23)20(24)19-9-5-8-18(11-19)17-7-4-6-16(10-17)13-22/h4-11,14-15,22-23H,12-13H2,1-3H3. The SMILES string of the molecule is CC(O)CN(C(=O)c1cccc(-c2cccc(CO)c2)c1)C(C)C. The molecule has 0 fully saturated rings. The number of hydrogen-bond donors (Lipinski definition) is 2. The van der Waals surface area contributed by atoms with Crippen LogP contribution in [-0.2, 0) is 6.61 Å². The van der Waals surface area contributed by atoms with E-state index in [1.54, 1.807) is 17.9 Å².